The molecule has 0 radical (unpaired) electrons. The highest BCUT2D eigenvalue weighted by molar-refractivity contribution is 7.89. The first kappa shape index (κ1) is 18.4. The Labute approximate surface area is 153 Å². The van der Waals surface area contributed by atoms with Crippen molar-refractivity contribution in [3.63, 3.8) is 0 Å². The summed E-state index contributed by atoms with van der Waals surface area (Å²) in [5.74, 6) is 0.372. The van der Waals surface area contributed by atoms with Gasteiger partial charge >= 0.3 is 0 Å². The Hall–Kier alpha value is -2.38. The second-order valence-corrected chi connectivity index (χ2v) is 7.99. The van der Waals surface area contributed by atoms with Crippen LogP contribution in [0.15, 0.2) is 53.4 Å². The van der Waals surface area contributed by atoms with Gasteiger partial charge in [-0.25, -0.2) is 8.42 Å². The smallest absolute Gasteiger partial charge is 0.255 e. The van der Waals surface area contributed by atoms with Crippen LogP contribution in [0.5, 0.6) is 5.75 Å². The summed E-state index contributed by atoms with van der Waals surface area (Å²) in [5.41, 5.74) is 0.922. The van der Waals surface area contributed by atoms with E-state index in [4.69, 9.17) is 4.74 Å². The Kier molecular flexibility index (Phi) is 5.58. The minimum Gasteiger partial charge on any atom is -0.494 e. The molecule has 1 N–H and O–H groups in total. The SMILES string of the molecule is CCOc1ccc(NC(=O)c2cccc(S(=O)(=O)N3CCCC3)c2)cc1. The monoisotopic (exact) mass is 374 g/mol. The predicted molar refractivity (Wildman–Crippen MR) is 100.0 cm³/mol. The minimum atomic E-state index is -3.54. The molecule has 1 heterocycles. The quantitative estimate of drug-likeness (QED) is 0.843. The van der Waals surface area contributed by atoms with Crippen molar-refractivity contribution in [1.82, 2.24) is 4.31 Å². The molecular weight excluding hydrogens is 352 g/mol. The van der Waals surface area contributed by atoms with Crippen molar-refractivity contribution in [2.75, 3.05) is 25.0 Å². The molecule has 138 valence electrons. The summed E-state index contributed by atoms with van der Waals surface area (Å²) in [7, 11) is -3.54. The molecule has 26 heavy (non-hydrogen) atoms. The highest BCUT2D eigenvalue weighted by Gasteiger charge is 2.27. The van der Waals surface area contributed by atoms with Crippen LogP contribution in [0.2, 0.25) is 0 Å². The Morgan fingerprint density at radius 2 is 1.81 bits per heavy atom. The number of rotatable bonds is 6. The third-order valence-corrected chi connectivity index (χ3v) is 6.12. The Balaban J connectivity index is 1.75. The zero-order valence-electron chi connectivity index (χ0n) is 14.6. The molecule has 1 aliphatic heterocycles. The maximum Gasteiger partial charge on any atom is 0.255 e. The van der Waals surface area contributed by atoms with Gasteiger partial charge in [-0.3, -0.25) is 4.79 Å². The molecule has 6 nitrogen and oxygen atoms in total. The van der Waals surface area contributed by atoms with Gasteiger partial charge in [0.05, 0.1) is 11.5 Å². The lowest BCUT2D eigenvalue weighted by molar-refractivity contribution is 0.102. The van der Waals surface area contributed by atoms with Gasteiger partial charge in [0.2, 0.25) is 10.0 Å². The van der Waals surface area contributed by atoms with Crippen LogP contribution in [0, 0.1) is 0 Å². The molecule has 3 rings (SSSR count). The maximum absolute atomic E-state index is 12.6. The van der Waals surface area contributed by atoms with E-state index in [-0.39, 0.29) is 10.8 Å². The van der Waals surface area contributed by atoms with Crippen LogP contribution in [0.25, 0.3) is 0 Å². The molecule has 1 fully saturated rings. The number of hydrogen-bond acceptors (Lipinski definition) is 4. The highest BCUT2D eigenvalue weighted by atomic mass is 32.2. The van der Waals surface area contributed by atoms with E-state index in [0.717, 1.165) is 18.6 Å². The van der Waals surface area contributed by atoms with E-state index in [9.17, 15) is 13.2 Å². The summed E-state index contributed by atoms with van der Waals surface area (Å²) < 4.78 is 32.1. The summed E-state index contributed by atoms with van der Waals surface area (Å²) in [6, 6.07) is 13.2. The van der Waals surface area contributed by atoms with Crippen LogP contribution in [0.3, 0.4) is 0 Å². The van der Waals surface area contributed by atoms with Gasteiger partial charge in [-0.1, -0.05) is 6.07 Å². The number of benzene rings is 2. The lowest BCUT2D eigenvalue weighted by atomic mass is 10.2. The molecule has 0 spiro atoms. The number of carbonyl (C=O) groups is 1. The van der Waals surface area contributed by atoms with Crippen molar-refractivity contribution in [1.29, 1.82) is 0 Å². The highest BCUT2D eigenvalue weighted by Crippen LogP contribution is 2.22. The molecule has 0 atom stereocenters. The summed E-state index contributed by atoms with van der Waals surface area (Å²) >= 11 is 0. The van der Waals surface area contributed by atoms with Crippen LogP contribution in [0.4, 0.5) is 5.69 Å². The van der Waals surface area contributed by atoms with Crippen LogP contribution < -0.4 is 10.1 Å². The zero-order chi connectivity index (χ0) is 18.6. The molecule has 2 aromatic rings. The minimum absolute atomic E-state index is 0.152. The number of hydrogen-bond donors (Lipinski definition) is 1. The Morgan fingerprint density at radius 1 is 1.12 bits per heavy atom. The summed E-state index contributed by atoms with van der Waals surface area (Å²) in [4.78, 5) is 12.6. The molecule has 0 aromatic heterocycles. The van der Waals surface area contributed by atoms with E-state index in [2.05, 4.69) is 5.32 Å². The first-order valence-electron chi connectivity index (χ1n) is 8.65. The van der Waals surface area contributed by atoms with Crippen LogP contribution in [-0.2, 0) is 10.0 Å². The fraction of sp³-hybridized carbons (Fsp3) is 0.316. The third kappa shape index (κ3) is 4.05. The summed E-state index contributed by atoms with van der Waals surface area (Å²) in [5, 5.41) is 2.77. The van der Waals surface area contributed by atoms with Gasteiger partial charge in [-0.2, -0.15) is 4.31 Å². The van der Waals surface area contributed by atoms with Crippen LogP contribution in [0.1, 0.15) is 30.1 Å². The first-order chi connectivity index (χ1) is 12.5. The molecular formula is C19H22N2O4S. The average Bonchev–Trinajstić information content (AvgIpc) is 3.19. The number of nitrogens with zero attached hydrogens (tertiary/aromatic N) is 1. The standard InChI is InChI=1S/C19H22N2O4S/c1-2-25-17-10-8-16(9-11-17)20-19(22)15-6-5-7-18(14-15)26(23,24)21-12-3-4-13-21/h5-11,14H,2-4,12-13H2,1H3,(H,20,22). The van der Waals surface area contributed by atoms with E-state index >= 15 is 0 Å². The van der Waals surface area contributed by atoms with E-state index in [1.807, 2.05) is 6.92 Å². The summed E-state index contributed by atoms with van der Waals surface area (Å²) in [6.45, 7) is 3.54. The van der Waals surface area contributed by atoms with Gasteiger partial charge in [0.25, 0.3) is 5.91 Å². The topological polar surface area (TPSA) is 75.7 Å². The number of nitrogens with one attached hydrogen (secondary N) is 1. The largest absolute Gasteiger partial charge is 0.494 e. The lowest BCUT2D eigenvalue weighted by Crippen LogP contribution is -2.28. The Bertz CT molecular complexity index is 873. The first-order valence-corrected chi connectivity index (χ1v) is 10.1. The molecule has 1 aliphatic rings. The van der Waals surface area contributed by atoms with Gasteiger partial charge in [-0.15, -0.1) is 0 Å². The van der Waals surface area contributed by atoms with Crippen molar-refractivity contribution in [3.05, 3.63) is 54.1 Å². The van der Waals surface area contributed by atoms with Gasteiger partial charge in [0.15, 0.2) is 0 Å². The van der Waals surface area contributed by atoms with Crippen molar-refractivity contribution in [2.45, 2.75) is 24.7 Å². The normalized spacial score (nSPS) is 15.0. The molecule has 1 saturated heterocycles. The Morgan fingerprint density at radius 3 is 2.46 bits per heavy atom. The third-order valence-electron chi connectivity index (χ3n) is 4.22. The van der Waals surface area contributed by atoms with Crippen molar-refractivity contribution < 1.29 is 17.9 Å². The predicted octanol–water partition coefficient (Wildman–Crippen LogP) is 3.12. The van der Waals surface area contributed by atoms with E-state index < -0.39 is 10.0 Å². The number of carbonyl (C=O) groups excluding carboxylic acids is 1. The summed E-state index contributed by atoms with van der Waals surface area (Å²) in [6.07, 6.45) is 1.74. The number of anilines is 1. The van der Waals surface area contributed by atoms with E-state index in [1.54, 1.807) is 36.4 Å². The number of ether oxygens (including phenoxy) is 1. The lowest BCUT2D eigenvalue weighted by Gasteiger charge is -2.16. The zero-order valence-corrected chi connectivity index (χ0v) is 15.5. The van der Waals surface area contributed by atoms with Gasteiger partial charge in [0.1, 0.15) is 5.75 Å². The van der Waals surface area contributed by atoms with Crippen molar-refractivity contribution in [2.24, 2.45) is 0 Å². The molecule has 0 bridgehead atoms. The van der Waals surface area contributed by atoms with E-state index in [0.29, 0.717) is 30.9 Å². The second kappa shape index (κ2) is 7.88. The average molecular weight is 374 g/mol. The van der Waals surface area contributed by atoms with Crippen LogP contribution in [-0.4, -0.2) is 38.3 Å². The molecule has 7 heteroatoms. The second-order valence-electron chi connectivity index (χ2n) is 6.05. The van der Waals surface area contributed by atoms with Gasteiger partial charge < -0.3 is 10.1 Å². The maximum atomic E-state index is 12.6. The molecule has 0 unspecified atom stereocenters. The van der Waals surface area contributed by atoms with Gasteiger partial charge in [-0.05, 0) is 62.2 Å². The molecule has 2 aromatic carbocycles. The van der Waals surface area contributed by atoms with Gasteiger partial charge in [0, 0.05) is 24.3 Å². The molecule has 0 aliphatic carbocycles. The molecule has 1 amide bonds. The van der Waals surface area contributed by atoms with Crippen molar-refractivity contribution >= 4 is 21.6 Å². The fourth-order valence-electron chi connectivity index (χ4n) is 2.88. The van der Waals surface area contributed by atoms with E-state index in [1.165, 1.54) is 16.4 Å². The molecule has 0 saturated carbocycles. The number of sulfonamides is 1. The fourth-order valence-corrected chi connectivity index (χ4v) is 4.44. The van der Waals surface area contributed by atoms with Crippen molar-refractivity contribution in [3.8, 4) is 5.75 Å². The van der Waals surface area contributed by atoms with Crippen LogP contribution >= 0.6 is 0 Å². The number of amides is 1.